The molecular weight excluding hydrogens is 228 g/mol. The minimum atomic E-state index is 0.230. The molecule has 0 aromatic carbocycles. The number of aromatic nitrogens is 2. The lowest BCUT2D eigenvalue weighted by Gasteiger charge is -2.15. The second kappa shape index (κ2) is 7.87. The molecule has 0 radical (unpaired) electrons. The Morgan fingerprint density at radius 1 is 1.28 bits per heavy atom. The van der Waals surface area contributed by atoms with Gasteiger partial charge in [-0.3, -0.25) is 0 Å². The standard InChI is InChI=1S/C13H24N4O/c1-5-7-14-12-8-13(15-10(3)9-18-4)17-11(6-2)16-12/h8,10H,5-7,9H2,1-4H3,(H2,14,15,16,17). The Kier molecular flexibility index (Phi) is 6.43. The first-order valence-electron chi connectivity index (χ1n) is 6.56. The molecular formula is C13H24N4O. The molecule has 5 heteroatoms. The molecule has 18 heavy (non-hydrogen) atoms. The quantitative estimate of drug-likeness (QED) is 0.743. The fourth-order valence-corrected chi connectivity index (χ4v) is 1.62. The SMILES string of the molecule is CCCNc1cc(NC(C)COC)nc(CC)n1. The molecule has 0 spiro atoms. The van der Waals surface area contributed by atoms with Crippen LogP contribution in [0.3, 0.4) is 0 Å². The summed E-state index contributed by atoms with van der Waals surface area (Å²) in [6.07, 6.45) is 1.91. The summed E-state index contributed by atoms with van der Waals surface area (Å²) in [6, 6.07) is 2.18. The Morgan fingerprint density at radius 2 is 2.00 bits per heavy atom. The molecule has 2 N–H and O–H groups in total. The van der Waals surface area contributed by atoms with Crippen molar-refractivity contribution in [3.05, 3.63) is 11.9 Å². The fraction of sp³-hybridized carbons (Fsp3) is 0.692. The van der Waals surface area contributed by atoms with E-state index in [1.165, 1.54) is 0 Å². The van der Waals surface area contributed by atoms with Crippen LogP contribution in [0.25, 0.3) is 0 Å². The summed E-state index contributed by atoms with van der Waals surface area (Å²) in [5, 5.41) is 6.61. The molecule has 5 nitrogen and oxygen atoms in total. The number of ether oxygens (including phenoxy) is 1. The monoisotopic (exact) mass is 252 g/mol. The molecule has 0 saturated heterocycles. The van der Waals surface area contributed by atoms with E-state index >= 15 is 0 Å². The van der Waals surface area contributed by atoms with Crippen molar-refractivity contribution < 1.29 is 4.74 Å². The Balaban J connectivity index is 2.76. The first-order valence-corrected chi connectivity index (χ1v) is 6.56. The Hall–Kier alpha value is -1.36. The zero-order valence-corrected chi connectivity index (χ0v) is 11.8. The van der Waals surface area contributed by atoms with Crippen LogP contribution in [-0.2, 0) is 11.2 Å². The molecule has 0 bridgehead atoms. The molecule has 1 unspecified atom stereocenters. The number of methoxy groups -OCH3 is 1. The number of hydrogen-bond donors (Lipinski definition) is 2. The maximum atomic E-state index is 5.11. The molecule has 1 aromatic rings. The first kappa shape index (κ1) is 14.7. The van der Waals surface area contributed by atoms with Crippen LogP contribution >= 0.6 is 0 Å². The molecule has 1 atom stereocenters. The van der Waals surface area contributed by atoms with Gasteiger partial charge in [-0.15, -0.1) is 0 Å². The average molecular weight is 252 g/mol. The summed E-state index contributed by atoms with van der Waals surface area (Å²) in [4.78, 5) is 8.91. The topological polar surface area (TPSA) is 59.1 Å². The van der Waals surface area contributed by atoms with Crippen LogP contribution in [0, 0.1) is 0 Å². The molecule has 1 rings (SSSR count). The maximum Gasteiger partial charge on any atom is 0.132 e. The molecule has 0 aliphatic heterocycles. The van der Waals surface area contributed by atoms with Gasteiger partial charge >= 0.3 is 0 Å². The van der Waals surface area contributed by atoms with Crippen molar-refractivity contribution in [1.29, 1.82) is 0 Å². The van der Waals surface area contributed by atoms with Gasteiger partial charge in [-0.05, 0) is 13.3 Å². The molecule has 102 valence electrons. The van der Waals surface area contributed by atoms with Crippen molar-refractivity contribution in [2.24, 2.45) is 0 Å². The normalized spacial score (nSPS) is 12.2. The van der Waals surface area contributed by atoms with E-state index < -0.39 is 0 Å². The molecule has 0 aliphatic carbocycles. The lowest BCUT2D eigenvalue weighted by Crippen LogP contribution is -2.22. The van der Waals surface area contributed by atoms with E-state index in [1.807, 2.05) is 6.07 Å². The molecule has 1 heterocycles. The van der Waals surface area contributed by atoms with Gasteiger partial charge in [0.2, 0.25) is 0 Å². The highest BCUT2D eigenvalue weighted by atomic mass is 16.5. The average Bonchev–Trinajstić information content (AvgIpc) is 2.36. The van der Waals surface area contributed by atoms with Crippen molar-refractivity contribution in [3.8, 4) is 0 Å². The van der Waals surface area contributed by atoms with Gasteiger partial charge in [0.15, 0.2) is 0 Å². The number of rotatable bonds is 8. The Morgan fingerprint density at radius 3 is 2.61 bits per heavy atom. The van der Waals surface area contributed by atoms with Crippen LogP contribution in [0.1, 0.15) is 33.0 Å². The van der Waals surface area contributed by atoms with E-state index in [9.17, 15) is 0 Å². The lowest BCUT2D eigenvalue weighted by atomic mass is 10.3. The molecule has 0 saturated carbocycles. The van der Waals surface area contributed by atoms with E-state index in [0.717, 1.165) is 36.8 Å². The first-order chi connectivity index (χ1) is 8.69. The largest absolute Gasteiger partial charge is 0.383 e. The van der Waals surface area contributed by atoms with Gasteiger partial charge < -0.3 is 15.4 Å². The predicted molar refractivity (Wildman–Crippen MR) is 75.2 cm³/mol. The number of aryl methyl sites for hydroxylation is 1. The molecule has 1 aromatic heterocycles. The summed E-state index contributed by atoms with van der Waals surface area (Å²) in [6.45, 7) is 7.84. The van der Waals surface area contributed by atoms with Crippen molar-refractivity contribution in [1.82, 2.24) is 9.97 Å². The zero-order valence-electron chi connectivity index (χ0n) is 11.8. The highest BCUT2D eigenvalue weighted by Gasteiger charge is 2.06. The van der Waals surface area contributed by atoms with Crippen LogP contribution in [0.15, 0.2) is 6.07 Å². The fourth-order valence-electron chi connectivity index (χ4n) is 1.62. The minimum Gasteiger partial charge on any atom is -0.383 e. The summed E-state index contributed by atoms with van der Waals surface area (Å²) in [5.41, 5.74) is 0. The predicted octanol–water partition coefficient (Wildman–Crippen LogP) is 2.31. The van der Waals surface area contributed by atoms with E-state index in [1.54, 1.807) is 7.11 Å². The van der Waals surface area contributed by atoms with E-state index in [0.29, 0.717) is 6.61 Å². The van der Waals surface area contributed by atoms with Gasteiger partial charge in [-0.2, -0.15) is 0 Å². The Bertz CT molecular complexity index is 357. The van der Waals surface area contributed by atoms with Gasteiger partial charge in [0.1, 0.15) is 17.5 Å². The summed E-state index contributed by atoms with van der Waals surface area (Å²) < 4.78 is 5.11. The van der Waals surface area contributed by atoms with Crippen molar-refractivity contribution in [3.63, 3.8) is 0 Å². The number of anilines is 2. The van der Waals surface area contributed by atoms with Gasteiger partial charge in [-0.1, -0.05) is 13.8 Å². The van der Waals surface area contributed by atoms with Crippen LogP contribution in [0.2, 0.25) is 0 Å². The van der Waals surface area contributed by atoms with Gasteiger partial charge in [-0.25, -0.2) is 9.97 Å². The number of nitrogens with one attached hydrogen (secondary N) is 2. The van der Waals surface area contributed by atoms with Crippen molar-refractivity contribution in [2.45, 2.75) is 39.7 Å². The third kappa shape index (κ3) is 4.87. The van der Waals surface area contributed by atoms with E-state index in [4.69, 9.17) is 4.74 Å². The highest BCUT2D eigenvalue weighted by molar-refractivity contribution is 5.48. The van der Waals surface area contributed by atoms with Gasteiger partial charge in [0, 0.05) is 32.2 Å². The van der Waals surface area contributed by atoms with E-state index in [-0.39, 0.29) is 6.04 Å². The minimum absolute atomic E-state index is 0.230. The highest BCUT2D eigenvalue weighted by Crippen LogP contribution is 2.13. The second-order valence-electron chi connectivity index (χ2n) is 4.34. The van der Waals surface area contributed by atoms with Gasteiger partial charge in [0.05, 0.1) is 6.61 Å². The zero-order chi connectivity index (χ0) is 13.4. The van der Waals surface area contributed by atoms with Crippen molar-refractivity contribution in [2.75, 3.05) is 30.9 Å². The van der Waals surface area contributed by atoms with Crippen molar-refractivity contribution >= 4 is 11.6 Å². The van der Waals surface area contributed by atoms with Gasteiger partial charge in [0.25, 0.3) is 0 Å². The molecule has 0 amide bonds. The van der Waals surface area contributed by atoms with Crippen LogP contribution in [0.4, 0.5) is 11.6 Å². The smallest absolute Gasteiger partial charge is 0.132 e. The number of hydrogen-bond acceptors (Lipinski definition) is 5. The molecule has 0 aliphatic rings. The third-order valence-corrected chi connectivity index (χ3v) is 2.46. The third-order valence-electron chi connectivity index (χ3n) is 2.46. The van der Waals surface area contributed by atoms with Crippen LogP contribution in [0.5, 0.6) is 0 Å². The van der Waals surface area contributed by atoms with Crippen LogP contribution < -0.4 is 10.6 Å². The number of nitrogens with zero attached hydrogens (tertiary/aromatic N) is 2. The second-order valence-corrected chi connectivity index (χ2v) is 4.34. The lowest BCUT2D eigenvalue weighted by molar-refractivity contribution is 0.190. The summed E-state index contributed by atoms with van der Waals surface area (Å²) >= 11 is 0. The van der Waals surface area contributed by atoms with E-state index in [2.05, 4.69) is 41.4 Å². The maximum absolute atomic E-state index is 5.11. The summed E-state index contributed by atoms with van der Waals surface area (Å²) in [5.74, 6) is 2.59. The Labute approximate surface area is 109 Å². The van der Waals surface area contributed by atoms with Crippen LogP contribution in [-0.4, -0.2) is 36.3 Å². The molecule has 0 fully saturated rings. The summed E-state index contributed by atoms with van der Waals surface area (Å²) in [7, 11) is 1.70.